The van der Waals surface area contributed by atoms with Crippen molar-refractivity contribution in [2.75, 3.05) is 13.6 Å². The summed E-state index contributed by atoms with van der Waals surface area (Å²) < 4.78 is 0. The van der Waals surface area contributed by atoms with Crippen molar-refractivity contribution in [2.45, 2.75) is 33.1 Å². The Bertz CT molecular complexity index is 279. The van der Waals surface area contributed by atoms with Crippen LogP contribution in [0.5, 0.6) is 0 Å². The predicted molar refractivity (Wildman–Crippen MR) is 62.8 cm³/mol. The fourth-order valence-electron chi connectivity index (χ4n) is 1.81. The first kappa shape index (κ1) is 11.3. The van der Waals surface area contributed by atoms with E-state index in [1.54, 1.807) is 0 Å². The molecule has 0 heterocycles. The molecular weight excluding hydrogens is 170 g/mol. The van der Waals surface area contributed by atoms with Crippen molar-refractivity contribution < 1.29 is 0 Å². The Morgan fingerprint density at radius 3 is 2.36 bits per heavy atom. The molecule has 0 spiro atoms. The van der Waals surface area contributed by atoms with Gasteiger partial charge in [-0.1, -0.05) is 31.5 Å². The Labute approximate surface area is 87.5 Å². The highest BCUT2D eigenvalue weighted by Gasteiger charge is 2.02. The summed E-state index contributed by atoms with van der Waals surface area (Å²) in [7, 11) is 2.01. The monoisotopic (exact) mass is 191 g/mol. The summed E-state index contributed by atoms with van der Waals surface area (Å²) in [6.07, 6.45) is 3.58. The molecule has 0 radical (unpaired) electrons. The first-order valence-electron chi connectivity index (χ1n) is 5.51. The molecular formula is C13H21N. The van der Waals surface area contributed by atoms with Crippen molar-refractivity contribution in [1.82, 2.24) is 5.32 Å². The summed E-state index contributed by atoms with van der Waals surface area (Å²) in [5, 5.41) is 3.19. The van der Waals surface area contributed by atoms with Gasteiger partial charge in [-0.3, -0.25) is 0 Å². The first-order valence-corrected chi connectivity index (χ1v) is 5.51. The van der Waals surface area contributed by atoms with Crippen LogP contribution in [0.2, 0.25) is 0 Å². The van der Waals surface area contributed by atoms with Gasteiger partial charge in [0.15, 0.2) is 0 Å². The minimum atomic E-state index is 1.07. The van der Waals surface area contributed by atoms with Gasteiger partial charge in [0.05, 0.1) is 0 Å². The molecule has 0 aliphatic rings. The third-order valence-corrected chi connectivity index (χ3v) is 2.72. The summed E-state index contributed by atoms with van der Waals surface area (Å²) in [5.41, 5.74) is 4.50. The highest BCUT2D eigenvalue weighted by molar-refractivity contribution is 5.34. The highest BCUT2D eigenvalue weighted by atomic mass is 14.8. The lowest BCUT2D eigenvalue weighted by atomic mass is 9.97. The van der Waals surface area contributed by atoms with E-state index in [1.165, 1.54) is 29.5 Å². The Balaban J connectivity index is 2.78. The van der Waals surface area contributed by atoms with Gasteiger partial charge in [-0.25, -0.2) is 0 Å². The van der Waals surface area contributed by atoms with E-state index in [9.17, 15) is 0 Å². The molecule has 0 bridgehead atoms. The number of benzene rings is 1. The van der Waals surface area contributed by atoms with E-state index in [0.717, 1.165) is 13.0 Å². The summed E-state index contributed by atoms with van der Waals surface area (Å²) in [6, 6.07) is 6.68. The van der Waals surface area contributed by atoms with Crippen molar-refractivity contribution in [2.24, 2.45) is 0 Å². The molecule has 0 aliphatic carbocycles. The van der Waals surface area contributed by atoms with Gasteiger partial charge in [-0.15, -0.1) is 0 Å². The number of aryl methyl sites for hydroxylation is 1. The van der Waals surface area contributed by atoms with Gasteiger partial charge in [0.2, 0.25) is 0 Å². The van der Waals surface area contributed by atoms with Crippen LogP contribution in [-0.4, -0.2) is 13.6 Å². The van der Waals surface area contributed by atoms with Crippen molar-refractivity contribution in [3.8, 4) is 0 Å². The zero-order valence-corrected chi connectivity index (χ0v) is 9.56. The topological polar surface area (TPSA) is 12.0 Å². The average Bonchev–Trinajstić information content (AvgIpc) is 2.20. The average molecular weight is 191 g/mol. The molecule has 0 aromatic heterocycles. The van der Waals surface area contributed by atoms with Gasteiger partial charge in [-0.2, -0.15) is 0 Å². The number of likely N-dealkylation sites (N-methyl/N-ethyl adjacent to an activating group) is 1. The van der Waals surface area contributed by atoms with E-state index >= 15 is 0 Å². The van der Waals surface area contributed by atoms with Crippen LogP contribution in [0.4, 0.5) is 0 Å². The Morgan fingerprint density at radius 2 is 1.79 bits per heavy atom. The van der Waals surface area contributed by atoms with Gasteiger partial charge >= 0.3 is 0 Å². The molecule has 1 aromatic carbocycles. The van der Waals surface area contributed by atoms with Crippen LogP contribution in [0, 0.1) is 6.92 Å². The van der Waals surface area contributed by atoms with Gasteiger partial charge < -0.3 is 5.32 Å². The Hall–Kier alpha value is -0.820. The maximum absolute atomic E-state index is 3.19. The lowest BCUT2D eigenvalue weighted by Crippen LogP contribution is -2.11. The van der Waals surface area contributed by atoms with Crippen molar-refractivity contribution in [3.05, 3.63) is 34.9 Å². The third-order valence-electron chi connectivity index (χ3n) is 2.72. The van der Waals surface area contributed by atoms with E-state index in [1.807, 2.05) is 7.05 Å². The molecule has 1 aromatic rings. The van der Waals surface area contributed by atoms with E-state index < -0.39 is 0 Å². The summed E-state index contributed by atoms with van der Waals surface area (Å²) in [4.78, 5) is 0. The lowest BCUT2D eigenvalue weighted by molar-refractivity contribution is 0.785. The van der Waals surface area contributed by atoms with E-state index in [-0.39, 0.29) is 0 Å². The Morgan fingerprint density at radius 1 is 1.14 bits per heavy atom. The predicted octanol–water partition coefficient (Wildman–Crippen LogP) is 2.71. The zero-order chi connectivity index (χ0) is 10.4. The normalized spacial score (nSPS) is 10.5. The molecule has 78 valence electrons. The quantitative estimate of drug-likeness (QED) is 0.754. The van der Waals surface area contributed by atoms with Gasteiger partial charge in [0.1, 0.15) is 0 Å². The molecule has 14 heavy (non-hydrogen) atoms. The fraction of sp³-hybridized carbons (Fsp3) is 0.538. The third kappa shape index (κ3) is 2.85. The number of nitrogens with one attached hydrogen (secondary N) is 1. The molecule has 1 heteroatoms. The molecule has 0 unspecified atom stereocenters. The second kappa shape index (κ2) is 5.82. The van der Waals surface area contributed by atoms with Crippen LogP contribution in [0.25, 0.3) is 0 Å². The van der Waals surface area contributed by atoms with Crippen molar-refractivity contribution >= 4 is 0 Å². The minimum Gasteiger partial charge on any atom is -0.319 e. The van der Waals surface area contributed by atoms with Crippen LogP contribution in [-0.2, 0) is 12.8 Å². The maximum Gasteiger partial charge on any atom is -0.00113 e. The SMILES string of the molecule is CCCc1cccc(CCNC)c1C. The molecule has 0 fully saturated rings. The molecule has 0 aliphatic heterocycles. The minimum absolute atomic E-state index is 1.07. The molecule has 1 rings (SSSR count). The maximum atomic E-state index is 3.19. The molecule has 0 amide bonds. The van der Waals surface area contributed by atoms with Crippen molar-refractivity contribution in [3.63, 3.8) is 0 Å². The Kier molecular flexibility index (Phi) is 4.68. The lowest BCUT2D eigenvalue weighted by Gasteiger charge is -2.10. The van der Waals surface area contributed by atoms with Crippen LogP contribution in [0.1, 0.15) is 30.0 Å². The van der Waals surface area contributed by atoms with E-state index in [4.69, 9.17) is 0 Å². The van der Waals surface area contributed by atoms with Crippen LogP contribution in [0.15, 0.2) is 18.2 Å². The molecule has 0 atom stereocenters. The number of rotatable bonds is 5. The van der Waals surface area contributed by atoms with Gasteiger partial charge in [-0.05, 0) is 50.0 Å². The van der Waals surface area contributed by atoms with Crippen LogP contribution < -0.4 is 5.32 Å². The summed E-state index contributed by atoms with van der Waals surface area (Å²) in [6.45, 7) is 5.55. The summed E-state index contributed by atoms with van der Waals surface area (Å²) in [5.74, 6) is 0. The fourth-order valence-corrected chi connectivity index (χ4v) is 1.81. The van der Waals surface area contributed by atoms with Gasteiger partial charge in [0.25, 0.3) is 0 Å². The van der Waals surface area contributed by atoms with Gasteiger partial charge in [0, 0.05) is 0 Å². The molecule has 1 N–H and O–H groups in total. The van der Waals surface area contributed by atoms with Crippen molar-refractivity contribution in [1.29, 1.82) is 0 Å². The summed E-state index contributed by atoms with van der Waals surface area (Å²) >= 11 is 0. The van der Waals surface area contributed by atoms with E-state index in [0.29, 0.717) is 0 Å². The smallest absolute Gasteiger partial charge is 0.00113 e. The number of hydrogen-bond acceptors (Lipinski definition) is 1. The molecule has 1 nitrogen and oxygen atoms in total. The second-order valence-electron chi connectivity index (χ2n) is 3.80. The zero-order valence-electron chi connectivity index (χ0n) is 9.56. The number of hydrogen-bond donors (Lipinski definition) is 1. The van der Waals surface area contributed by atoms with Crippen LogP contribution >= 0.6 is 0 Å². The highest BCUT2D eigenvalue weighted by Crippen LogP contribution is 2.15. The molecule has 0 saturated carbocycles. The second-order valence-corrected chi connectivity index (χ2v) is 3.80. The van der Waals surface area contributed by atoms with E-state index in [2.05, 4.69) is 37.4 Å². The standard InChI is InChI=1S/C13H21N/c1-4-6-12-7-5-8-13(11(12)2)9-10-14-3/h5,7-8,14H,4,6,9-10H2,1-3H3. The first-order chi connectivity index (χ1) is 6.79. The van der Waals surface area contributed by atoms with Crippen LogP contribution in [0.3, 0.4) is 0 Å². The molecule has 0 saturated heterocycles. The largest absolute Gasteiger partial charge is 0.319 e.